The van der Waals surface area contributed by atoms with Gasteiger partial charge in [-0.15, -0.1) is 17.9 Å². The molecule has 72 valence electrons. The summed E-state index contributed by atoms with van der Waals surface area (Å²) in [5.41, 5.74) is 0. The Hall–Kier alpha value is -0.600. The average molecular weight is 195 g/mol. The van der Waals surface area contributed by atoms with Gasteiger partial charge < -0.3 is 5.32 Å². The minimum Gasteiger partial charge on any atom is -0.306 e. The summed E-state index contributed by atoms with van der Waals surface area (Å²) >= 11 is 1.81. The molecule has 0 aliphatic heterocycles. The molecule has 0 aliphatic rings. The molecule has 0 radical (unpaired) electrons. The quantitative estimate of drug-likeness (QED) is 0.711. The van der Waals surface area contributed by atoms with Gasteiger partial charge in [0.25, 0.3) is 0 Å². The van der Waals surface area contributed by atoms with Gasteiger partial charge in [-0.3, -0.25) is 0 Å². The van der Waals surface area contributed by atoms with Crippen molar-refractivity contribution in [2.45, 2.75) is 19.9 Å². The van der Waals surface area contributed by atoms with Crippen LogP contribution in [0.15, 0.2) is 30.2 Å². The monoisotopic (exact) mass is 195 g/mol. The summed E-state index contributed by atoms with van der Waals surface area (Å²) in [6.45, 7) is 9.06. The Balaban J connectivity index is 2.63. The molecule has 1 aromatic heterocycles. The van der Waals surface area contributed by atoms with Crippen molar-refractivity contribution in [3.05, 3.63) is 35.0 Å². The van der Waals surface area contributed by atoms with Crippen LogP contribution in [0.5, 0.6) is 0 Å². The Labute approximate surface area is 84.5 Å². The normalized spacial score (nSPS) is 13.2. The summed E-state index contributed by atoms with van der Waals surface area (Å²) in [5, 5.41) is 5.59. The topological polar surface area (TPSA) is 12.0 Å². The van der Waals surface area contributed by atoms with Crippen molar-refractivity contribution in [3.63, 3.8) is 0 Å². The van der Waals surface area contributed by atoms with Crippen LogP contribution in [0.1, 0.15) is 24.8 Å². The number of rotatable bonds is 5. The highest BCUT2D eigenvalue weighted by molar-refractivity contribution is 7.10. The molecule has 13 heavy (non-hydrogen) atoms. The van der Waals surface area contributed by atoms with Crippen molar-refractivity contribution in [2.75, 3.05) is 6.54 Å². The molecule has 0 bridgehead atoms. The molecule has 0 aromatic carbocycles. The van der Waals surface area contributed by atoms with Crippen LogP contribution in [0.3, 0.4) is 0 Å². The fourth-order valence-electron chi connectivity index (χ4n) is 1.34. The van der Waals surface area contributed by atoms with Gasteiger partial charge in [-0.2, -0.15) is 0 Å². The highest BCUT2D eigenvalue weighted by Crippen LogP contribution is 2.25. The standard InChI is InChI=1S/C11H17NS/c1-4-7-12-11(9(2)3)10-6-5-8-13-10/h4-6,8-9,11-12H,1,7H2,2-3H3. The maximum absolute atomic E-state index is 3.71. The van der Waals surface area contributed by atoms with Gasteiger partial charge in [-0.1, -0.05) is 26.0 Å². The van der Waals surface area contributed by atoms with E-state index < -0.39 is 0 Å². The zero-order valence-electron chi connectivity index (χ0n) is 8.29. The molecule has 0 spiro atoms. The Kier molecular flexibility index (Phi) is 4.19. The summed E-state index contributed by atoms with van der Waals surface area (Å²) in [5.74, 6) is 0.624. The van der Waals surface area contributed by atoms with E-state index in [2.05, 4.69) is 43.3 Å². The number of hydrogen-bond acceptors (Lipinski definition) is 2. The van der Waals surface area contributed by atoms with Crippen molar-refractivity contribution < 1.29 is 0 Å². The first-order chi connectivity index (χ1) is 6.25. The minimum atomic E-state index is 0.470. The third-order valence-corrected chi connectivity index (χ3v) is 2.95. The van der Waals surface area contributed by atoms with E-state index in [9.17, 15) is 0 Å². The molecule has 0 fully saturated rings. The van der Waals surface area contributed by atoms with Crippen molar-refractivity contribution >= 4 is 11.3 Å². The van der Waals surface area contributed by atoms with E-state index in [0.717, 1.165) is 6.54 Å². The first-order valence-electron chi connectivity index (χ1n) is 4.63. The van der Waals surface area contributed by atoms with E-state index >= 15 is 0 Å². The summed E-state index contributed by atoms with van der Waals surface area (Å²) in [4.78, 5) is 1.41. The molecule has 0 saturated carbocycles. The maximum Gasteiger partial charge on any atom is 0.0440 e. The van der Waals surface area contributed by atoms with Gasteiger partial charge in [0.2, 0.25) is 0 Å². The molecular weight excluding hydrogens is 178 g/mol. The molecule has 0 aliphatic carbocycles. The first kappa shape index (κ1) is 10.5. The SMILES string of the molecule is C=CCNC(c1cccs1)C(C)C. The summed E-state index contributed by atoms with van der Waals surface area (Å²) in [6, 6.07) is 4.76. The lowest BCUT2D eigenvalue weighted by Gasteiger charge is -2.20. The predicted molar refractivity (Wildman–Crippen MR) is 60.1 cm³/mol. The van der Waals surface area contributed by atoms with Gasteiger partial charge in [0.1, 0.15) is 0 Å². The zero-order chi connectivity index (χ0) is 9.68. The molecule has 1 heterocycles. The summed E-state index contributed by atoms with van der Waals surface area (Å²) < 4.78 is 0. The smallest absolute Gasteiger partial charge is 0.0440 e. The molecule has 1 N–H and O–H groups in total. The van der Waals surface area contributed by atoms with Gasteiger partial charge in [0, 0.05) is 17.5 Å². The van der Waals surface area contributed by atoms with E-state index in [0.29, 0.717) is 12.0 Å². The average Bonchev–Trinajstić information content (AvgIpc) is 2.57. The number of hydrogen-bond donors (Lipinski definition) is 1. The predicted octanol–water partition coefficient (Wildman–Crippen LogP) is 3.22. The van der Waals surface area contributed by atoms with E-state index in [-0.39, 0.29) is 0 Å². The van der Waals surface area contributed by atoms with Gasteiger partial charge in [-0.25, -0.2) is 0 Å². The van der Waals surface area contributed by atoms with E-state index in [4.69, 9.17) is 0 Å². The van der Waals surface area contributed by atoms with Crippen molar-refractivity contribution in [2.24, 2.45) is 5.92 Å². The van der Waals surface area contributed by atoms with Crippen LogP contribution in [-0.4, -0.2) is 6.54 Å². The van der Waals surface area contributed by atoms with Crippen LogP contribution >= 0.6 is 11.3 Å². The second-order valence-electron chi connectivity index (χ2n) is 3.43. The molecular formula is C11H17NS. The van der Waals surface area contributed by atoms with Crippen LogP contribution in [0, 0.1) is 5.92 Å². The lowest BCUT2D eigenvalue weighted by atomic mass is 10.0. The zero-order valence-corrected chi connectivity index (χ0v) is 9.10. The summed E-state index contributed by atoms with van der Waals surface area (Å²) in [7, 11) is 0. The number of thiophene rings is 1. The van der Waals surface area contributed by atoms with Gasteiger partial charge in [-0.05, 0) is 17.4 Å². The lowest BCUT2D eigenvalue weighted by Crippen LogP contribution is -2.24. The fourth-order valence-corrected chi connectivity index (χ4v) is 2.32. The molecule has 1 rings (SSSR count). The second-order valence-corrected chi connectivity index (χ2v) is 4.41. The van der Waals surface area contributed by atoms with Gasteiger partial charge >= 0.3 is 0 Å². The fraction of sp³-hybridized carbons (Fsp3) is 0.455. The number of nitrogens with one attached hydrogen (secondary N) is 1. The van der Waals surface area contributed by atoms with E-state index in [1.165, 1.54) is 4.88 Å². The van der Waals surface area contributed by atoms with Crippen molar-refractivity contribution in [1.82, 2.24) is 5.32 Å². The largest absolute Gasteiger partial charge is 0.306 e. The Morgan fingerprint density at radius 2 is 2.38 bits per heavy atom. The highest BCUT2D eigenvalue weighted by atomic mass is 32.1. The molecule has 1 atom stereocenters. The Morgan fingerprint density at radius 1 is 1.62 bits per heavy atom. The molecule has 0 saturated heterocycles. The molecule has 1 aromatic rings. The second kappa shape index (κ2) is 5.20. The third kappa shape index (κ3) is 2.98. The van der Waals surface area contributed by atoms with E-state index in [1.807, 2.05) is 17.4 Å². The summed E-state index contributed by atoms with van der Waals surface area (Å²) in [6.07, 6.45) is 1.91. The first-order valence-corrected chi connectivity index (χ1v) is 5.51. The Morgan fingerprint density at radius 3 is 2.85 bits per heavy atom. The maximum atomic E-state index is 3.71. The minimum absolute atomic E-state index is 0.470. The van der Waals surface area contributed by atoms with E-state index in [1.54, 1.807) is 0 Å². The van der Waals surface area contributed by atoms with Crippen LogP contribution in [0.4, 0.5) is 0 Å². The molecule has 1 unspecified atom stereocenters. The van der Waals surface area contributed by atoms with Crippen LogP contribution in [-0.2, 0) is 0 Å². The van der Waals surface area contributed by atoms with Crippen molar-refractivity contribution in [1.29, 1.82) is 0 Å². The molecule has 1 nitrogen and oxygen atoms in total. The van der Waals surface area contributed by atoms with Crippen LogP contribution in [0.2, 0.25) is 0 Å². The van der Waals surface area contributed by atoms with Crippen LogP contribution < -0.4 is 5.32 Å². The van der Waals surface area contributed by atoms with Crippen molar-refractivity contribution in [3.8, 4) is 0 Å². The Bertz CT molecular complexity index is 239. The highest BCUT2D eigenvalue weighted by Gasteiger charge is 2.14. The molecule has 2 heteroatoms. The third-order valence-electron chi connectivity index (χ3n) is 2.00. The van der Waals surface area contributed by atoms with Gasteiger partial charge in [0.15, 0.2) is 0 Å². The van der Waals surface area contributed by atoms with Gasteiger partial charge in [0.05, 0.1) is 0 Å². The molecule has 0 amide bonds. The lowest BCUT2D eigenvalue weighted by molar-refractivity contribution is 0.435. The van der Waals surface area contributed by atoms with Crippen LogP contribution in [0.25, 0.3) is 0 Å².